The number of carbonyl (C=O) groups excluding carboxylic acids is 1. The molecule has 0 bridgehead atoms. The zero-order chi connectivity index (χ0) is 16.8. The Balaban J connectivity index is 2.61. The van der Waals surface area contributed by atoms with Crippen LogP contribution in [0.3, 0.4) is 0 Å². The standard InChI is InChI=1S/C16H26N2O3S/c1-5-12-17-22(20,21)14-9-6-13(7-10-14)8-11-15(19)18-16(2,3)4/h6-7,9-10,17H,5,8,11-12H2,1-4H3,(H,18,19). The molecular weight excluding hydrogens is 300 g/mol. The molecule has 22 heavy (non-hydrogen) atoms. The van der Waals surface area contributed by atoms with Gasteiger partial charge in [0.2, 0.25) is 15.9 Å². The summed E-state index contributed by atoms with van der Waals surface area (Å²) in [5, 5.41) is 2.90. The van der Waals surface area contributed by atoms with E-state index in [0.717, 1.165) is 12.0 Å². The van der Waals surface area contributed by atoms with Gasteiger partial charge in [-0.3, -0.25) is 4.79 Å². The largest absolute Gasteiger partial charge is 0.351 e. The van der Waals surface area contributed by atoms with Crippen LogP contribution in [0.5, 0.6) is 0 Å². The van der Waals surface area contributed by atoms with Crippen LogP contribution >= 0.6 is 0 Å². The van der Waals surface area contributed by atoms with Gasteiger partial charge in [0.15, 0.2) is 0 Å². The van der Waals surface area contributed by atoms with Crippen molar-refractivity contribution in [3.8, 4) is 0 Å². The van der Waals surface area contributed by atoms with Crippen molar-refractivity contribution in [3.63, 3.8) is 0 Å². The van der Waals surface area contributed by atoms with Crippen molar-refractivity contribution in [1.29, 1.82) is 0 Å². The summed E-state index contributed by atoms with van der Waals surface area (Å²) in [6.07, 6.45) is 1.72. The predicted octanol–water partition coefficient (Wildman–Crippen LogP) is 2.22. The number of rotatable bonds is 7. The molecule has 1 aromatic rings. The van der Waals surface area contributed by atoms with E-state index in [1.807, 2.05) is 27.7 Å². The number of benzene rings is 1. The van der Waals surface area contributed by atoms with Gasteiger partial charge in [0.05, 0.1) is 4.90 Å². The minimum Gasteiger partial charge on any atom is -0.351 e. The summed E-state index contributed by atoms with van der Waals surface area (Å²) >= 11 is 0. The maximum Gasteiger partial charge on any atom is 0.240 e. The number of sulfonamides is 1. The molecular formula is C16H26N2O3S. The lowest BCUT2D eigenvalue weighted by Gasteiger charge is -2.20. The summed E-state index contributed by atoms with van der Waals surface area (Å²) in [6, 6.07) is 6.67. The quantitative estimate of drug-likeness (QED) is 0.807. The van der Waals surface area contributed by atoms with Crippen LogP contribution in [-0.2, 0) is 21.2 Å². The highest BCUT2D eigenvalue weighted by Gasteiger charge is 2.14. The Morgan fingerprint density at radius 1 is 1.14 bits per heavy atom. The van der Waals surface area contributed by atoms with Gasteiger partial charge in [0.25, 0.3) is 0 Å². The predicted molar refractivity (Wildman–Crippen MR) is 88.1 cm³/mol. The van der Waals surface area contributed by atoms with Crippen molar-refractivity contribution in [3.05, 3.63) is 29.8 Å². The fourth-order valence-electron chi connectivity index (χ4n) is 1.89. The number of carbonyl (C=O) groups is 1. The molecule has 0 aliphatic heterocycles. The molecule has 6 heteroatoms. The molecule has 0 saturated heterocycles. The average Bonchev–Trinajstić information content (AvgIpc) is 2.41. The topological polar surface area (TPSA) is 75.3 Å². The maximum absolute atomic E-state index is 11.9. The number of aryl methyl sites for hydroxylation is 1. The summed E-state index contributed by atoms with van der Waals surface area (Å²) in [7, 11) is -3.42. The van der Waals surface area contributed by atoms with Crippen molar-refractivity contribution < 1.29 is 13.2 Å². The zero-order valence-corrected chi connectivity index (χ0v) is 14.6. The number of hydrogen-bond acceptors (Lipinski definition) is 3. The fraction of sp³-hybridized carbons (Fsp3) is 0.562. The molecule has 124 valence electrons. The van der Waals surface area contributed by atoms with E-state index < -0.39 is 10.0 Å². The van der Waals surface area contributed by atoms with Crippen LogP contribution < -0.4 is 10.0 Å². The second-order valence-corrected chi connectivity index (χ2v) is 8.11. The van der Waals surface area contributed by atoms with E-state index >= 15 is 0 Å². The fourth-order valence-corrected chi connectivity index (χ4v) is 3.03. The van der Waals surface area contributed by atoms with Crippen LogP contribution in [0.4, 0.5) is 0 Å². The maximum atomic E-state index is 11.9. The molecule has 0 aliphatic carbocycles. The van der Waals surface area contributed by atoms with Crippen LogP contribution in [0.2, 0.25) is 0 Å². The highest BCUT2D eigenvalue weighted by atomic mass is 32.2. The number of amides is 1. The number of hydrogen-bond donors (Lipinski definition) is 2. The molecule has 1 amide bonds. The third-order valence-corrected chi connectivity index (χ3v) is 4.41. The highest BCUT2D eigenvalue weighted by molar-refractivity contribution is 7.89. The number of nitrogens with one attached hydrogen (secondary N) is 2. The van der Waals surface area contributed by atoms with E-state index in [1.54, 1.807) is 24.3 Å². The van der Waals surface area contributed by atoms with Crippen molar-refractivity contribution >= 4 is 15.9 Å². The minimum atomic E-state index is -3.42. The van der Waals surface area contributed by atoms with Crippen molar-refractivity contribution in [2.24, 2.45) is 0 Å². The first-order valence-electron chi connectivity index (χ1n) is 7.53. The molecule has 0 saturated carbocycles. The van der Waals surface area contributed by atoms with Crippen LogP contribution in [-0.4, -0.2) is 26.4 Å². The SMILES string of the molecule is CCCNS(=O)(=O)c1ccc(CCC(=O)NC(C)(C)C)cc1. The van der Waals surface area contributed by atoms with E-state index in [-0.39, 0.29) is 16.3 Å². The van der Waals surface area contributed by atoms with Crippen LogP contribution in [0.25, 0.3) is 0 Å². The van der Waals surface area contributed by atoms with Gasteiger partial charge in [-0.25, -0.2) is 13.1 Å². The van der Waals surface area contributed by atoms with Crippen LogP contribution in [0, 0.1) is 0 Å². The summed E-state index contributed by atoms with van der Waals surface area (Å²) in [5.41, 5.74) is 0.707. The van der Waals surface area contributed by atoms with Gasteiger partial charge in [-0.15, -0.1) is 0 Å². The lowest BCUT2D eigenvalue weighted by molar-refractivity contribution is -0.122. The third-order valence-electron chi connectivity index (χ3n) is 2.93. The van der Waals surface area contributed by atoms with Gasteiger partial charge in [0, 0.05) is 18.5 Å². The molecule has 0 radical (unpaired) electrons. The molecule has 0 atom stereocenters. The third kappa shape index (κ3) is 6.58. The smallest absolute Gasteiger partial charge is 0.240 e. The summed E-state index contributed by atoms with van der Waals surface area (Å²) in [6.45, 7) is 8.15. The van der Waals surface area contributed by atoms with Gasteiger partial charge >= 0.3 is 0 Å². The normalized spacial score (nSPS) is 12.2. The molecule has 0 aliphatic rings. The van der Waals surface area contributed by atoms with E-state index in [2.05, 4.69) is 10.0 Å². The van der Waals surface area contributed by atoms with Crippen LogP contribution in [0.1, 0.15) is 46.1 Å². The Labute approximate surface area is 133 Å². The monoisotopic (exact) mass is 326 g/mol. The van der Waals surface area contributed by atoms with Gasteiger partial charge in [0.1, 0.15) is 0 Å². The van der Waals surface area contributed by atoms with E-state index in [0.29, 0.717) is 19.4 Å². The van der Waals surface area contributed by atoms with E-state index in [4.69, 9.17) is 0 Å². The van der Waals surface area contributed by atoms with Crippen molar-refractivity contribution in [2.75, 3.05) is 6.54 Å². The van der Waals surface area contributed by atoms with Gasteiger partial charge < -0.3 is 5.32 Å². The first-order valence-corrected chi connectivity index (χ1v) is 9.02. The Morgan fingerprint density at radius 3 is 2.23 bits per heavy atom. The Kier molecular flexibility index (Phi) is 6.56. The zero-order valence-electron chi connectivity index (χ0n) is 13.8. The Hall–Kier alpha value is -1.40. The molecule has 0 heterocycles. The van der Waals surface area contributed by atoms with Crippen molar-refractivity contribution in [2.45, 2.75) is 57.4 Å². The van der Waals surface area contributed by atoms with Gasteiger partial charge in [-0.1, -0.05) is 19.1 Å². The Bertz CT molecular complexity index is 587. The lowest BCUT2D eigenvalue weighted by Crippen LogP contribution is -2.40. The molecule has 0 aromatic heterocycles. The first-order chi connectivity index (χ1) is 10.1. The van der Waals surface area contributed by atoms with Gasteiger partial charge in [-0.05, 0) is 51.3 Å². The van der Waals surface area contributed by atoms with Crippen LogP contribution in [0.15, 0.2) is 29.2 Å². The minimum absolute atomic E-state index is 0.00573. The molecule has 1 aromatic carbocycles. The molecule has 0 fully saturated rings. The lowest BCUT2D eigenvalue weighted by atomic mass is 10.1. The molecule has 0 unspecified atom stereocenters. The second-order valence-electron chi connectivity index (χ2n) is 6.34. The van der Waals surface area contributed by atoms with E-state index in [1.165, 1.54) is 0 Å². The summed E-state index contributed by atoms with van der Waals surface area (Å²) in [4.78, 5) is 12.0. The summed E-state index contributed by atoms with van der Waals surface area (Å²) in [5.74, 6) is -0.00573. The first kappa shape index (κ1) is 18.6. The van der Waals surface area contributed by atoms with E-state index in [9.17, 15) is 13.2 Å². The van der Waals surface area contributed by atoms with Crippen molar-refractivity contribution in [1.82, 2.24) is 10.0 Å². The Morgan fingerprint density at radius 2 is 1.73 bits per heavy atom. The molecule has 1 rings (SSSR count). The molecule has 0 spiro atoms. The molecule has 5 nitrogen and oxygen atoms in total. The van der Waals surface area contributed by atoms with Gasteiger partial charge in [-0.2, -0.15) is 0 Å². The molecule has 2 N–H and O–H groups in total. The summed E-state index contributed by atoms with van der Waals surface area (Å²) < 4.78 is 26.4. The second kappa shape index (κ2) is 7.74. The highest BCUT2D eigenvalue weighted by Crippen LogP contribution is 2.12. The average molecular weight is 326 g/mol.